The van der Waals surface area contributed by atoms with Crippen LogP contribution in [0.3, 0.4) is 0 Å². The van der Waals surface area contributed by atoms with Crippen LogP contribution in [0.25, 0.3) is 11.2 Å². The molecule has 98 valence electrons. The molecule has 0 aliphatic rings. The lowest BCUT2D eigenvalue weighted by Gasteiger charge is -2.27. The minimum Gasteiger partial charge on any atom is -0.329 e. The van der Waals surface area contributed by atoms with E-state index in [0.29, 0.717) is 5.92 Å². The molecule has 1 atom stereocenters. The predicted molar refractivity (Wildman–Crippen MR) is 81.2 cm³/mol. The maximum atomic E-state index is 5.39. The van der Waals surface area contributed by atoms with Gasteiger partial charge in [-0.05, 0) is 45.5 Å². The Kier molecular flexibility index (Phi) is 3.65. The quantitative estimate of drug-likeness (QED) is 0.821. The van der Waals surface area contributed by atoms with Gasteiger partial charge in [0.1, 0.15) is 0 Å². The Bertz CT molecular complexity index is 621. The fourth-order valence-corrected chi connectivity index (χ4v) is 2.34. The monoisotopic (exact) mass is 327 g/mol. The van der Waals surface area contributed by atoms with Crippen LogP contribution in [0.15, 0.2) is 16.7 Å². The molecule has 18 heavy (non-hydrogen) atoms. The van der Waals surface area contributed by atoms with E-state index in [9.17, 15) is 0 Å². The lowest BCUT2D eigenvalue weighted by Crippen LogP contribution is -2.22. The van der Waals surface area contributed by atoms with Crippen molar-refractivity contribution in [3.63, 3.8) is 0 Å². The Labute approximate surface area is 121 Å². The lowest BCUT2D eigenvalue weighted by molar-refractivity contribution is 0.234. The summed E-state index contributed by atoms with van der Waals surface area (Å²) in [5, 5.41) is 0. The first-order valence-corrected chi connectivity index (χ1v) is 7.23. The number of H-pyrrole nitrogens is 1. The highest BCUT2D eigenvalue weighted by atomic mass is 79.9. The Hall–Kier alpha value is -0.680. The van der Waals surface area contributed by atoms with Gasteiger partial charge in [0.2, 0.25) is 0 Å². The standard InChI is InChI=1S/C13H18BrN3S/c1-8(13(2,3)4)7-17-11-10(16-12(17)18)5-9(14)6-15-11/h5-6,8H,7H2,1-4H3,(H,16,18). The zero-order valence-electron chi connectivity index (χ0n) is 11.1. The first-order chi connectivity index (χ1) is 8.29. The molecule has 0 radical (unpaired) electrons. The zero-order chi connectivity index (χ0) is 13.5. The van der Waals surface area contributed by atoms with E-state index < -0.39 is 0 Å². The maximum absolute atomic E-state index is 5.39. The summed E-state index contributed by atoms with van der Waals surface area (Å²) in [7, 11) is 0. The first kappa shape index (κ1) is 13.7. The third-order valence-corrected chi connectivity index (χ3v) is 4.27. The molecule has 1 unspecified atom stereocenters. The van der Waals surface area contributed by atoms with Gasteiger partial charge in [-0.3, -0.25) is 0 Å². The van der Waals surface area contributed by atoms with Gasteiger partial charge in [-0.2, -0.15) is 0 Å². The van der Waals surface area contributed by atoms with Gasteiger partial charge in [0.05, 0.1) is 5.52 Å². The lowest BCUT2D eigenvalue weighted by atomic mass is 9.82. The van der Waals surface area contributed by atoms with Crippen LogP contribution in [0.1, 0.15) is 27.7 Å². The van der Waals surface area contributed by atoms with E-state index in [-0.39, 0.29) is 5.41 Å². The Morgan fingerprint density at radius 1 is 1.50 bits per heavy atom. The Morgan fingerprint density at radius 3 is 2.78 bits per heavy atom. The van der Waals surface area contributed by atoms with Crippen molar-refractivity contribution in [1.29, 1.82) is 0 Å². The molecule has 0 saturated carbocycles. The van der Waals surface area contributed by atoms with Gasteiger partial charge in [0.25, 0.3) is 0 Å². The molecule has 2 aromatic heterocycles. The number of rotatable bonds is 2. The zero-order valence-corrected chi connectivity index (χ0v) is 13.5. The van der Waals surface area contributed by atoms with Crippen molar-refractivity contribution < 1.29 is 0 Å². The second-order valence-electron chi connectivity index (χ2n) is 5.83. The van der Waals surface area contributed by atoms with Gasteiger partial charge in [-0.1, -0.05) is 27.7 Å². The van der Waals surface area contributed by atoms with Gasteiger partial charge in [0.15, 0.2) is 10.4 Å². The van der Waals surface area contributed by atoms with E-state index >= 15 is 0 Å². The predicted octanol–water partition coefficient (Wildman–Crippen LogP) is 4.54. The molecule has 2 heterocycles. The molecule has 0 saturated heterocycles. The number of pyridine rings is 1. The molecule has 2 rings (SSSR count). The molecule has 0 spiro atoms. The van der Waals surface area contributed by atoms with E-state index in [2.05, 4.69) is 58.2 Å². The minimum absolute atomic E-state index is 0.258. The van der Waals surface area contributed by atoms with Crippen molar-refractivity contribution >= 4 is 39.3 Å². The van der Waals surface area contributed by atoms with E-state index in [1.54, 1.807) is 0 Å². The van der Waals surface area contributed by atoms with E-state index in [0.717, 1.165) is 27.0 Å². The maximum Gasteiger partial charge on any atom is 0.179 e. The van der Waals surface area contributed by atoms with Crippen molar-refractivity contribution in [3.8, 4) is 0 Å². The molecule has 1 N–H and O–H groups in total. The van der Waals surface area contributed by atoms with Crippen molar-refractivity contribution in [2.24, 2.45) is 11.3 Å². The number of hydrogen-bond acceptors (Lipinski definition) is 2. The highest BCUT2D eigenvalue weighted by molar-refractivity contribution is 9.10. The highest BCUT2D eigenvalue weighted by Crippen LogP contribution is 2.28. The first-order valence-electron chi connectivity index (χ1n) is 6.03. The fraction of sp³-hybridized carbons (Fsp3) is 0.538. The number of hydrogen-bond donors (Lipinski definition) is 1. The van der Waals surface area contributed by atoms with Crippen molar-refractivity contribution in [2.45, 2.75) is 34.2 Å². The summed E-state index contributed by atoms with van der Waals surface area (Å²) in [6.07, 6.45) is 1.81. The van der Waals surface area contributed by atoms with Gasteiger partial charge in [0, 0.05) is 17.2 Å². The average molecular weight is 328 g/mol. The van der Waals surface area contributed by atoms with E-state index in [1.165, 1.54) is 0 Å². The van der Waals surface area contributed by atoms with E-state index in [1.807, 2.05) is 12.3 Å². The average Bonchev–Trinajstić information content (AvgIpc) is 2.53. The van der Waals surface area contributed by atoms with Crippen LogP contribution >= 0.6 is 28.1 Å². The molecular weight excluding hydrogens is 310 g/mol. The van der Waals surface area contributed by atoms with Crippen LogP contribution in [0, 0.1) is 16.1 Å². The number of imidazole rings is 1. The molecule has 0 amide bonds. The van der Waals surface area contributed by atoms with Gasteiger partial charge >= 0.3 is 0 Å². The number of halogens is 1. The third kappa shape index (κ3) is 2.67. The summed E-state index contributed by atoms with van der Waals surface area (Å²) in [6.45, 7) is 9.89. The molecule has 2 aromatic rings. The van der Waals surface area contributed by atoms with E-state index in [4.69, 9.17) is 12.2 Å². The molecule has 0 fully saturated rings. The molecular formula is C13H18BrN3S. The Morgan fingerprint density at radius 2 is 2.17 bits per heavy atom. The Balaban J connectivity index is 2.45. The number of aromatic amines is 1. The largest absolute Gasteiger partial charge is 0.329 e. The fourth-order valence-electron chi connectivity index (χ4n) is 1.74. The second kappa shape index (κ2) is 4.78. The third-order valence-electron chi connectivity index (χ3n) is 3.51. The molecule has 0 aromatic carbocycles. The van der Waals surface area contributed by atoms with Crippen LogP contribution in [-0.2, 0) is 6.54 Å². The smallest absolute Gasteiger partial charge is 0.179 e. The number of nitrogens with one attached hydrogen (secondary N) is 1. The van der Waals surface area contributed by atoms with Crippen molar-refractivity contribution in [2.75, 3.05) is 0 Å². The second-order valence-corrected chi connectivity index (χ2v) is 7.13. The highest BCUT2D eigenvalue weighted by Gasteiger charge is 2.21. The van der Waals surface area contributed by atoms with Crippen LogP contribution < -0.4 is 0 Å². The number of aromatic nitrogens is 3. The summed E-state index contributed by atoms with van der Waals surface area (Å²) < 4.78 is 3.79. The minimum atomic E-state index is 0.258. The normalized spacial score (nSPS) is 14.1. The number of nitrogens with zero attached hydrogens (tertiary/aromatic N) is 2. The summed E-state index contributed by atoms with van der Waals surface area (Å²) in [5.41, 5.74) is 2.17. The van der Waals surface area contributed by atoms with Crippen LogP contribution in [0.4, 0.5) is 0 Å². The van der Waals surface area contributed by atoms with Crippen molar-refractivity contribution in [1.82, 2.24) is 14.5 Å². The molecule has 5 heteroatoms. The molecule has 0 aliphatic carbocycles. The topological polar surface area (TPSA) is 33.6 Å². The summed E-state index contributed by atoms with van der Waals surface area (Å²) in [5.74, 6) is 0.522. The SMILES string of the molecule is CC(Cn1c(=S)[nH]c2cc(Br)cnc21)C(C)(C)C. The summed E-state index contributed by atoms with van der Waals surface area (Å²) in [6, 6.07) is 2.01. The van der Waals surface area contributed by atoms with Crippen LogP contribution in [0.2, 0.25) is 0 Å². The molecule has 0 aliphatic heterocycles. The molecule has 3 nitrogen and oxygen atoms in total. The summed E-state index contributed by atoms with van der Waals surface area (Å²) >= 11 is 8.81. The molecule has 0 bridgehead atoms. The van der Waals surface area contributed by atoms with Gasteiger partial charge < -0.3 is 9.55 Å². The van der Waals surface area contributed by atoms with Gasteiger partial charge in [-0.15, -0.1) is 0 Å². The van der Waals surface area contributed by atoms with Crippen molar-refractivity contribution in [3.05, 3.63) is 21.5 Å². The summed E-state index contributed by atoms with van der Waals surface area (Å²) in [4.78, 5) is 7.66. The van der Waals surface area contributed by atoms with Gasteiger partial charge in [-0.25, -0.2) is 4.98 Å². The number of fused-ring (bicyclic) bond motifs is 1. The van der Waals surface area contributed by atoms with Crippen LogP contribution in [0.5, 0.6) is 0 Å². The van der Waals surface area contributed by atoms with Crippen LogP contribution in [-0.4, -0.2) is 14.5 Å².